The molecule has 0 heterocycles. The van der Waals surface area contributed by atoms with Gasteiger partial charge in [0.1, 0.15) is 0 Å². The zero-order chi connectivity index (χ0) is 14.7. The Morgan fingerprint density at radius 3 is 2.67 bits per heavy atom. The minimum absolute atomic E-state index is 0. The molecule has 2 rings (SSSR count). The Morgan fingerprint density at radius 2 is 2.05 bits per heavy atom. The molecule has 1 fully saturated rings. The van der Waals surface area contributed by atoms with Gasteiger partial charge in [0.2, 0.25) is 5.91 Å². The lowest BCUT2D eigenvalue weighted by Crippen LogP contribution is -2.36. The smallest absolute Gasteiger partial charge is 0.223 e. The molecule has 3 atom stereocenters. The van der Waals surface area contributed by atoms with Gasteiger partial charge in [-0.3, -0.25) is 4.79 Å². The fourth-order valence-corrected chi connectivity index (χ4v) is 3.10. The van der Waals surface area contributed by atoms with Crippen LogP contribution in [0.5, 0.6) is 0 Å². The van der Waals surface area contributed by atoms with Crippen LogP contribution in [0.3, 0.4) is 0 Å². The molecule has 0 spiro atoms. The Balaban J connectivity index is 0.00000220. The standard InChI is InChI=1S/C17H26N2O.ClH/c1-11-7-8-14(9-12(11)2)13(3)19-17(20)16-6-4-5-15(16)10-18;/h7-9,13,15-16H,4-6,10,18H2,1-3H3,(H,19,20);1H/t13?,15-,16-;/m1./s1. The number of hydrogen-bond donors (Lipinski definition) is 2. The van der Waals surface area contributed by atoms with Gasteiger partial charge >= 0.3 is 0 Å². The maximum absolute atomic E-state index is 12.4. The summed E-state index contributed by atoms with van der Waals surface area (Å²) in [7, 11) is 0. The van der Waals surface area contributed by atoms with Gasteiger partial charge in [-0.15, -0.1) is 12.4 Å². The van der Waals surface area contributed by atoms with Crippen molar-refractivity contribution >= 4 is 18.3 Å². The Labute approximate surface area is 134 Å². The molecule has 1 saturated carbocycles. The van der Waals surface area contributed by atoms with Crippen molar-refractivity contribution in [2.45, 2.75) is 46.1 Å². The van der Waals surface area contributed by atoms with E-state index in [0.29, 0.717) is 12.5 Å². The zero-order valence-corrected chi connectivity index (χ0v) is 14.0. The van der Waals surface area contributed by atoms with Crippen molar-refractivity contribution in [1.82, 2.24) is 5.32 Å². The van der Waals surface area contributed by atoms with E-state index in [4.69, 9.17) is 5.73 Å². The molecule has 0 aliphatic heterocycles. The number of nitrogens with one attached hydrogen (secondary N) is 1. The van der Waals surface area contributed by atoms with Crippen molar-refractivity contribution in [1.29, 1.82) is 0 Å². The first-order valence-electron chi connectivity index (χ1n) is 7.60. The number of amides is 1. The van der Waals surface area contributed by atoms with Crippen LogP contribution >= 0.6 is 12.4 Å². The molecular formula is C17H27ClN2O. The van der Waals surface area contributed by atoms with Crippen LogP contribution < -0.4 is 11.1 Å². The molecule has 1 aromatic rings. The number of carbonyl (C=O) groups is 1. The molecule has 0 saturated heterocycles. The van der Waals surface area contributed by atoms with E-state index in [9.17, 15) is 4.79 Å². The van der Waals surface area contributed by atoms with Crippen molar-refractivity contribution in [3.05, 3.63) is 34.9 Å². The van der Waals surface area contributed by atoms with Crippen molar-refractivity contribution in [2.24, 2.45) is 17.6 Å². The van der Waals surface area contributed by atoms with Crippen molar-refractivity contribution in [3.8, 4) is 0 Å². The summed E-state index contributed by atoms with van der Waals surface area (Å²) < 4.78 is 0. The average molecular weight is 311 g/mol. The second-order valence-corrected chi connectivity index (χ2v) is 6.11. The number of halogens is 1. The van der Waals surface area contributed by atoms with Gasteiger partial charge in [0.25, 0.3) is 0 Å². The Kier molecular flexibility index (Phi) is 6.69. The van der Waals surface area contributed by atoms with Crippen molar-refractivity contribution in [3.63, 3.8) is 0 Å². The first kappa shape index (κ1) is 18.0. The summed E-state index contributed by atoms with van der Waals surface area (Å²) in [6.45, 7) is 6.88. The van der Waals surface area contributed by atoms with Gasteiger partial charge in [-0.25, -0.2) is 0 Å². The van der Waals surface area contributed by atoms with Gasteiger partial charge in [0.15, 0.2) is 0 Å². The molecule has 0 aromatic heterocycles. The van der Waals surface area contributed by atoms with E-state index in [0.717, 1.165) is 19.3 Å². The number of aryl methyl sites for hydroxylation is 2. The summed E-state index contributed by atoms with van der Waals surface area (Å²) in [6.07, 6.45) is 3.19. The van der Waals surface area contributed by atoms with E-state index in [-0.39, 0.29) is 30.3 Å². The molecule has 1 amide bonds. The predicted molar refractivity (Wildman–Crippen MR) is 89.6 cm³/mol. The molecule has 0 radical (unpaired) electrons. The van der Waals surface area contributed by atoms with Crippen LogP contribution in [0.1, 0.15) is 48.9 Å². The first-order chi connectivity index (χ1) is 9.52. The molecule has 0 bridgehead atoms. The lowest BCUT2D eigenvalue weighted by Gasteiger charge is -2.21. The number of hydrogen-bond acceptors (Lipinski definition) is 2. The fraction of sp³-hybridized carbons (Fsp3) is 0.588. The summed E-state index contributed by atoms with van der Waals surface area (Å²) in [6, 6.07) is 6.43. The van der Waals surface area contributed by atoms with Crippen molar-refractivity contribution < 1.29 is 4.79 Å². The van der Waals surface area contributed by atoms with Gasteiger partial charge in [-0.1, -0.05) is 24.6 Å². The van der Waals surface area contributed by atoms with E-state index >= 15 is 0 Å². The maximum atomic E-state index is 12.4. The third kappa shape index (κ3) is 4.21. The number of nitrogens with two attached hydrogens (primary N) is 1. The third-order valence-corrected chi connectivity index (χ3v) is 4.69. The summed E-state index contributed by atoms with van der Waals surface area (Å²) >= 11 is 0. The van der Waals surface area contributed by atoms with E-state index in [1.54, 1.807) is 0 Å². The fourth-order valence-electron chi connectivity index (χ4n) is 3.10. The summed E-state index contributed by atoms with van der Waals surface area (Å²) in [4.78, 5) is 12.4. The van der Waals surface area contributed by atoms with Crippen LogP contribution in [-0.4, -0.2) is 12.5 Å². The van der Waals surface area contributed by atoms with Crippen LogP contribution in [0.25, 0.3) is 0 Å². The highest BCUT2D eigenvalue weighted by atomic mass is 35.5. The minimum Gasteiger partial charge on any atom is -0.349 e. The Bertz CT molecular complexity index is 490. The van der Waals surface area contributed by atoms with Crippen molar-refractivity contribution in [2.75, 3.05) is 6.54 Å². The van der Waals surface area contributed by atoms with Crippen LogP contribution in [0.2, 0.25) is 0 Å². The molecular weight excluding hydrogens is 284 g/mol. The molecule has 118 valence electrons. The molecule has 1 aliphatic rings. The highest BCUT2D eigenvalue weighted by Crippen LogP contribution is 2.31. The normalized spacial score (nSPS) is 22.5. The topological polar surface area (TPSA) is 55.1 Å². The van der Waals surface area contributed by atoms with E-state index < -0.39 is 0 Å². The van der Waals surface area contributed by atoms with Crippen LogP contribution in [0.15, 0.2) is 18.2 Å². The average Bonchev–Trinajstić information content (AvgIpc) is 2.90. The molecule has 3 nitrogen and oxygen atoms in total. The van der Waals surface area contributed by atoms with Gasteiger partial charge in [-0.2, -0.15) is 0 Å². The lowest BCUT2D eigenvalue weighted by molar-refractivity contribution is -0.126. The molecule has 4 heteroatoms. The lowest BCUT2D eigenvalue weighted by atomic mass is 9.94. The Morgan fingerprint density at radius 1 is 1.33 bits per heavy atom. The highest BCUT2D eigenvalue weighted by molar-refractivity contribution is 5.85. The molecule has 1 unspecified atom stereocenters. The second-order valence-electron chi connectivity index (χ2n) is 6.11. The van der Waals surface area contributed by atoms with Gasteiger partial charge in [-0.05, 0) is 62.8 Å². The zero-order valence-electron chi connectivity index (χ0n) is 13.2. The van der Waals surface area contributed by atoms with Crippen LogP contribution in [0.4, 0.5) is 0 Å². The third-order valence-electron chi connectivity index (χ3n) is 4.69. The first-order valence-corrected chi connectivity index (χ1v) is 7.60. The molecule has 1 aromatic carbocycles. The Hall–Kier alpha value is -1.06. The summed E-state index contributed by atoms with van der Waals surface area (Å²) in [5, 5.41) is 3.15. The van der Waals surface area contributed by atoms with E-state index in [1.807, 2.05) is 0 Å². The number of rotatable bonds is 4. The summed E-state index contributed by atoms with van der Waals surface area (Å²) in [5.41, 5.74) is 9.48. The predicted octanol–water partition coefficient (Wildman–Crippen LogP) is 3.28. The van der Waals surface area contributed by atoms with Crippen LogP contribution in [0, 0.1) is 25.7 Å². The van der Waals surface area contributed by atoms with E-state index in [1.165, 1.54) is 16.7 Å². The van der Waals surface area contributed by atoms with Gasteiger partial charge < -0.3 is 11.1 Å². The maximum Gasteiger partial charge on any atom is 0.223 e. The summed E-state index contributed by atoms with van der Waals surface area (Å²) in [5.74, 6) is 0.639. The number of carbonyl (C=O) groups excluding carboxylic acids is 1. The number of benzene rings is 1. The van der Waals surface area contributed by atoms with Crippen LogP contribution in [-0.2, 0) is 4.79 Å². The van der Waals surface area contributed by atoms with E-state index in [2.05, 4.69) is 44.3 Å². The van der Waals surface area contributed by atoms with Gasteiger partial charge in [0.05, 0.1) is 6.04 Å². The largest absolute Gasteiger partial charge is 0.349 e. The molecule has 1 aliphatic carbocycles. The molecule has 21 heavy (non-hydrogen) atoms. The minimum atomic E-state index is 0. The second kappa shape index (κ2) is 7.81. The monoisotopic (exact) mass is 310 g/mol. The molecule has 3 N–H and O–H groups in total. The quantitative estimate of drug-likeness (QED) is 0.896. The van der Waals surface area contributed by atoms with Gasteiger partial charge in [0, 0.05) is 5.92 Å². The SMILES string of the molecule is Cc1ccc(C(C)NC(=O)[C@@H]2CCC[C@@H]2CN)cc1C.Cl. The highest BCUT2D eigenvalue weighted by Gasteiger charge is 2.32.